The number of aliphatic hydroxyl groups is 1. The van der Waals surface area contributed by atoms with E-state index < -0.39 is 18.5 Å². The Balaban J connectivity index is 3.25. The molecule has 0 aliphatic carbocycles. The first kappa shape index (κ1) is 10.4. The van der Waals surface area contributed by atoms with Crippen molar-refractivity contribution in [2.45, 2.75) is 6.04 Å². The Morgan fingerprint density at radius 3 is 2.69 bits per heavy atom. The molecular formula is C8H9BrFNO2. The maximum atomic E-state index is 13.3. The lowest BCUT2D eigenvalue weighted by molar-refractivity contribution is 0.262. The predicted molar refractivity (Wildman–Crippen MR) is 49.8 cm³/mol. The van der Waals surface area contributed by atoms with E-state index in [1.54, 1.807) is 0 Å². The normalized spacial score (nSPS) is 12.9. The van der Waals surface area contributed by atoms with E-state index in [2.05, 4.69) is 15.9 Å². The van der Waals surface area contributed by atoms with Crippen molar-refractivity contribution in [3.63, 3.8) is 0 Å². The van der Waals surface area contributed by atoms with Crippen molar-refractivity contribution in [3.05, 3.63) is 28.0 Å². The van der Waals surface area contributed by atoms with Crippen molar-refractivity contribution in [1.29, 1.82) is 0 Å². The van der Waals surface area contributed by atoms with Gasteiger partial charge in [0.1, 0.15) is 11.6 Å². The minimum Gasteiger partial charge on any atom is -0.507 e. The standard InChI is InChI=1S/C8H9BrFNO2/c9-4-1-2-6(13)7(8(4)10)5(11)3-12/h1-2,5,12-13H,3,11H2. The molecule has 1 aromatic rings. The topological polar surface area (TPSA) is 66.5 Å². The molecule has 5 heteroatoms. The lowest BCUT2D eigenvalue weighted by atomic mass is 10.1. The molecule has 0 aliphatic rings. The molecule has 0 heterocycles. The van der Waals surface area contributed by atoms with Crippen molar-refractivity contribution >= 4 is 15.9 Å². The first-order valence-electron chi connectivity index (χ1n) is 3.61. The number of rotatable bonds is 2. The van der Waals surface area contributed by atoms with Gasteiger partial charge in [-0.2, -0.15) is 0 Å². The molecule has 0 aliphatic heterocycles. The molecule has 0 aromatic heterocycles. The monoisotopic (exact) mass is 249 g/mol. The van der Waals surface area contributed by atoms with E-state index >= 15 is 0 Å². The Bertz CT molecular complexity index is 319. The molecule has 0 radical (unpaired) electrons. The quantitative estimate of drug-likeness (QED) is 0.740. The first-order chi connectivity index (χ1) is 6.07. The summed E-state index contributed by atoms with van der Waals surface area (Å²) in [7, 11) is 0. The second-order valence-corrected chi connectivity index (χ2v) is 3.44. The number of phenolic OH excluding ortho intramolecular Hbond substituents is 1. The van der Waals surface area contributed by atoms with E-state index in [-0.39, 0.29) is 15.8 Å². The zero-order valence-electron chi connectivity index (χ0n) is 6.67. The van der Waals surface area contributed by atoms with E-state index in [4.69, 9.17) is 10.8 Å². The largest absolute Gasteiger partial charge is 0.507 e. The van der Waals surface area contributed by atoms with Crippen LogP contribution in [0, 0.1) is 5.82 Å². The van der Waals surface area contributed by atoms with Crippen molar-refractivity contribution in [1.82, 2.24) is 0 Å². The number of phenols is 1. The van der Waals surface area contributed by atoms with Gasteiger partial charge in [0, 0.05) is 5.56 Å². The Labute approximate surface area is 83.1 Å². The van der Waals surface area contributed by atoms with E-state index in [0.29, 0.717) is 0 Å². The van der Waals surface area contributed by atoms with Crippen molar-refractivity contribution in [3.8, 4) is 5.75 Å². The number of halogens is 2. The minimum atomic E-state index is -0.905. The van der Waals surface area contributed by atoms with Gasteiger partial charge in [-0.3, -0.25) is 0 Å². The predicted octanol–water partition coefficient (Wildman–Crippen LogP) is 1.29. The van der Waals surface area contributed by atoms with Crippen molar-refractivity contribution < 1.29 is 14.6 Å². The third-order valence-corrected chi connectivity index (χ3v) is 2.29. The fourth-order valence-electron chi connectivity index (χ4n) is 1.00. The van der Waals surface area contributed by atoms with Gasteiger partial charge in [-0.05, 0) is 28.1 Å². The summed E-state index contributed by atoms with van der Waals surface area (Å²) in [6.07, 6.45) is 0. The Morgan fingerprint density at radius 1 is 1.54 bits per heavy atom. The summed E-state index contributed by atoms with van der Waals surface area (Å²) in [5.41, 5.74) is 5.32. The highest BCUT2D eigenvalue weighted by molar-refractivity contribution is 9.10. The minimum absolute atomic E-state index is 0.0723. The van der Waals surface area contributed by atoms with Gasteiger partial charge in [0.05, 0.1) is 17.1 Å². The van der Waals surface area contributed by atoms with Crippen molar-refractivity contribution in [2.75, 3.05) is 6.61 Å². The van der Waals surface area contributed by atoms with Crippen LogP contribution in [0.4, 0.5) is 4.39 Å². The second kappa shape index (κ2) is 4.04. The SMILES string of the molecule is NC(CO)c1c(O)ccc(Br)c1F. The Hall–Kier alpha value is -0.650. The molecule has 0 spiro atoms. The molecule has 0 saturated heterocycles. The summed E-state index contributed by atoms with van der Waals surface area (Å²) < 4.78 is 13.5. The van der Waals surface area contributed by atoms with Gasteiger partial charge in [-0.25, -0.2) is 4.39 Å². The zero-order valence-corrected chi connectivity index (χ0v) is 8.25. The first-order valence-corrected chi connectivity index (χ1v) is 4.40. The van der Waals surface area contributed by atoms with Gasteiger partial charge in [0.15, 0.2) is 0 Å². The second-order valence-electron chi connectivity index (χ2n) is 2.58. The Kier molecular flexibility index (Phi) is 3.24. The summed E-state index contributed by atoms with van der Waals surface area (Å²) in [6.45, 7) is -0.416. The number of benzene rings is 1. The molecule has 4 N–H and O–H groups in total. The highest BCUT2D eigenvalue weighted by Crippen LogP contribution is 2.30. The van der Waals surface area contributed by atoms with Crippen LogP contribution in [0.5, 0.6) is 5.75 Å². The number of nitrogens with two attached hydrogens (primary N) is 1. The van der Waals surface area contributed by atoms with Gasteiger partial charge in [-0.1, -0.05) is 0 Å². The average Bonchev–Trinajstić information content (AvgIpc) is 2.12. The number of aliphatic hydroxyl groups excluding tert-OH is 1. The Morgan fingerprint density at radius 2 is 2.15 bits per heavy atom. The van der Waals surface area contributed by atoms with Gasteiger partial charge in [-0.15, -0.1) is 0 Å². The van der Waals surface area contributed by atoms with Crippen LogP contribution in [0.15, 0.2) is 16.6 Å². The zero-order chi connectivity index (χ0) is 10.0. The molecular weight excluding hydrogens is 241 g/mol. The fraction of sp³-hybridized carbons (Fsp3) is 0.250. The molecule has 1 unspecified atom stereocenters. The van der Waals surface area contributed by atoms with Crippen LogP contribution in [0.25, 0.3) is 0 Å². The molecule has 3 nitrogen and oxygen atoms in total. The maximum absolute atomic E-state index is 13.3. The van der Waals surface area contributed by atoms with Crippen LogP contribution in [-0.4, -0.2) is 16.8 Å². The molecule has 72 valence electrons. The van der Waals surface area contributed by atoms with Gasteiger partial charge in [0.25, 0.3) is 0 Å². The van der Waals surface area contributed by atoms with Crippen LogP contribution in [-0.2, 0) is 0 Å². The van der Waals surface area contributed by atoms with Crippen LogP contribution in [0.1, 0.15) is 11.6 Å². The molecule has 13 heavy (non-hydrogen) atoms. The molecule has 1 atom stereocenters. The van der Waals surface area contributed by atoms with Crippen molar-refractivity contribution in [2.24, 2.45) is 5.73 Å². The lowest BCUT2D eigenvalue weighted by Gasteiger charge is -2.12. The lowest BCUT2D eigenvalue weighted by Crippen LogP contribution is -2.16. The van der Waals surface area contributed by atoms with E-state index in [0.717, 1.165) is 0 Å². The number of hydrogen-bond donors (Lipinski definition) is 3. The molecule has 0 fully saturated rings. The molecule has 0 bridgehead atoms. The van der Waals surface area contributed by atoms with Gasteiger partial charge in [0.2, 0.25) is 0 Å². The molecule has 0 saturated carbocycles. The van der Waals surface area contributed by atoms with Crippen LogP contribution in [0.2, 0.25) is 0 Å². The third kappa shape index (κ3) is 1.99. The highest BCUT2D eigenvalue weighted by atomic mass is 79.9. The summed E-state index contributed by atoms with van der Waals surface area (Å²) >= 11 is 2.95. The fourth-order valence-corrected chi connectivity index (χ4v) is 1.35. The molecule has 1 rings (SSSR count). The van der Waals surface area contributed by atoms with E-state index in [1.807, 2.05) is 0 Å². The van der Waals surface area contributed by atoms with Crippen LogP contribution < -0.4 is 5.73 Å². The molecule has 1 aromatic carbocycles. The third-order valence-electron chi connectivity index (χ3n) is 1.68. The maximum Gasteiger partial charge on any atom is 0.145 e. The summed E-state index contributed by atoms with van der Waals surface area (Å²) in [6, 6.07) is 1.79. The van der Waals surface area contributed by atoms with Crippen LogP contribution >= 0.6 is 15.9 Å². The van der Waals surface area contributed by atoms with Gasteiger partial charge >= 0.3 is 0 Å². The number of aromatic hydroxyl groups is 1. The van der Waals surface area contributed by atoms with Gasteiger partial charge < -0.3 is 15.9 Å². The molecule has 0 amide bonds. The van der Waals surface area contributed by atoms with E-state index in [9.17, 15) is 9.50 Å². The van der Waals surface area contributed by atoms with Crippen LogP contribution in [0.3, 0.4) is 0 Å². The average molecular weight is 250 g/mol. The number of hydrogen-bond acceptors (Lipinski definition) is 3. The van der Waals surface area contributed by atoms with E-state index in [1.165, 1.54) is 12.1 Å². The highest BCUT2D eigenvalue weighted by Gasteiger charge is 2.17. The summed E-state index contributed by atoms with van der Waals surface area (Å²) in [4.78, 5) is 0. The smallest absolute Gasteiger partial charge is 0.145 e. The summed E-state index contributed by atoms with van der Waals surface area (Å²) in [5, 5.41) is 18.0. The summed E-state index contributed by atoms with van der Waals surface area (Å²) in [5.74, 6) is -0.885.